The fourth-order valence-electron chi connectivity index (χ4n) is 2.09. The van der Waals surface area contributed by atoms with Gasteiger partial charge in [-0.3, -0.25) is 0 Å². The first-order valence-corrected chi connectivity index (χ1v) is 7.93. The molecule has 0 aromatic heterocycles. The third kappa shape index (κ3) is 3.68. The lowest BCUT2D eigenvalue weighted by atomic mass is 10.2. The fraction of sp³-hybridized carbons (Fsp3) is 0.500. The van der Waals surface area contributed by atoms with Crippen LogP contribution in [0.15, 0.2) is 29.2 Å². The molecule has 18 heavy (non-hydrogen) atoms. The second kappa shape index (κ2) is 6.02. The maximum Gasteiger partial charge on any atom is 0.240 e. The summed E-state index contributed by atoms with van der Waals surface area (Å²) in [7, 11) is -3.44. The first-order chi connectivity index (χ1) is 8.58. The normalized spacial score (nSPS) is 20.2. The van der Waals surface area contributed by atoms with Crippen molar-refractivity contribution in [3.05, 3.63) is 29.3 Å². The van der Waals surface area contributed by atoms with E-state index in [1.54, 1.807) is 18.2 Å². The summed E-state index contributed by atoms with van der Waals surface area (Å²) in [5, 5.41) is 3.76. The second-order valence-corrected chi connectivity index (χ2v) is 6.64. The molecule has 0 saturated carbocycles. The summed E-state index contributed by atoms with van der Waals surface area (Å²) >= 11 is 5.79. The molecular weight excluding hydrogens is 272 g/mol. The molecular formula is C12H17ClN2O2S. The first kappa shape index (κ1) is 13.8. The highest BCUT2D eigenvalue weighted by Gasteiger charge is 2.17. The van der Waals surface area contributed by atoms with Crippen LogP contribution in [0.4, 0.5) is 0 Å². The molecule has 1 aliphatic rings. The highest BCUT2D eigenvalue weighted by Crippen LogP contribution is 2.15. The molecule has 1 aliphatic heterocycles. The van der Waals surface area contributed by atoms with Gasteiger partial charge >= 0.3 is 0 Å². The Morgan fingerprint density at radius 2 is 2.28 bits per heavy atom. The Morgan fingerprint density at radius 1 is 1.44 bits per heavy atom. The van der Waals surface area contributed by atoms with E-state index in [2.05, 4.69) is 10.0 Å². The van der Waals surface area contributed by atoms with Gasteiger partial charge in [0.2, 0.25) is 10.0 Å². The summed E-state index contributed by atoms with van der Waals surface area (Å²) < 4.78 is 26.5. The van der Waals surface area contributed by atoms with Crippen molar-refractivity contribution >= 4 is 21.6 Å². The van der Waals surface area contributed by atoms with Gasteiger partial charge in [0.15, 0.2) is 0 Å². The van der Waals surface area contributed by atoms with Gasteiger partial charge in [-0.05, 0) is 44.0 Å². The minimum absolute atomic E-state index is 0.217. The minimum Gasteiger partial charge on any atom is -0.314 e. The molecule has 0 amide bonds. The van der Waals surface area contributed by atoms with Crippen molar-refractivity contribution in [1.29, 1.82) is 0 Å². The standard InChI is InChI=1S/C12H17ClN2O2S/c13-10-3-1-5-12(9-10)18(16,17)15-8-6-11-4-2-7-14-11/h1,3,5,9,11,14-15H,2,4,6-8H2. The van der Waals surface area contributed by atoms with Crippen LogP contribution in [0.25, 0.3) is 0 Å². The number of rotatable bonds is 5. The predicted octanol–water partition coefficient (Wildman–Crippen LogP) is 1.76. The lowest BCUT2D eigenvalue weighted by Crippen LogP contribution is -2.30. The van der Waals surface area contributed by atoms with Gasteiger partial charge in [-0.25, -0.2) is 13.1 Å². The number of nitrogens with one attached hydrogen (secondary N) is 2. The van der Waals surface area contributed by atoms with E-state index in [-0.39, 0.29) is 4.90 Å². The maximum atomic E-state index is 12.0. The molecule has 6 heteroatoms. The van der Waals surface area contributed by atoms with Gasteiger partial charge in [-0.2, -0.15) is 0 Å². The van der Waals surface area contributed by atoms with Crippen LogP contribution >= 0.6 is 11.6 Å². The van der Waals surface area contributed by atoms with Crippen LogP contribution in [0.1, 0.15) is 19.3 Å². The molecule has 0 radical (unpaired) electrons. The van der Waals surface area contributed by atoms with Crippen molar-refractivity contribution in [2.24, 2.45) is 0 Å². The quantitative estimate of drug-likeness (QED) is 0.868. The number of hydrogen-bond acceptors (Lipinski definition) is 3. The molecule has 4 nitrogen and oxygen atoms in total. The van der Waals surface area contributed by atoms with E-state index in [9.17, 15) is 8.42 Å². The van der Waals surface area contributed by atoms with E-state index in [0.29, 0.717) is 17.6 Å². The largest absolute Gasteiger partial charge is 0.314 e. The van der Waals surface area contributed by atoms with Gasteiger partial charge in [0, 0.05) is 17.6 Å². The van der Waals surface area contributed by atoms with Crippen molar-refractivity contribution in [2.45, 2.75) is 30.2 Å². The molecule has 1 heterocycles. The fourth-order valence-corrected chi connectivity index (χ4v) is 3.44. The average Bonchev–Trinajstić information content (AvgIpc) is 2.82. The summed E-state index contributed by atoms with van der Waals surface area (Å²) in [6.45, 7) is 1.48. The van der Waals surface area contributed by atoms with Gasteiger partial charge in [0.25, 0.3) is 0 Å². The van der Waals surface area contributed by atoms with E-state index in [1.165, 1.54) is 12.5 Å². The summed E-state index contributed by atoms with van der Waals surface area (Å²) in [6.07, 6.45) is 3.12. The van der Waals surface area contributed by atoms with Crippen LogP contribution in [0.2, 0.25) is 5.02 Å². The topological polar surface area (TPSA) is 58.2 Å². The predicted molar refractivity (Wildman–Crippen MR) is 72.3 cm³/mol. The third-order valence-corrected chi connectivity index (χ3v) is 4.75. The summed E-state index contributed by atoms with van der Waals surface area (Å²) in [5.74, 6) is 0. The zero-order valence-electron chi connectivity index (χ0n) is 10.0. The van der Waals surface area contributed by atoms with Gasteiger partial charge in [-0.1, -0.05) is 17.7 Å². The minimum atomic E-state index is -3.44. The Labute approximate surface area is 113 Å². The monoisotopic (exact) mass is 288 g/mol. The number of halogens is 1. The maximum absolute atomic E-state index is 12.0. The summed E-state index contributed by atoms with van der Waals surface area (Å²) in [6, 6.07) is 6.73. The lowest BCUT2D eigenvalue weighted by molar-refractivity contribution is 0.539. The number of hydrogen-bond donors (Lipinski definition) is 2. The Bertz CT molecular complexity index is 499. The van der Waals surface area contributed by atoms with E-state index in [0.717, 1.165) is 19.4 Å². The van der Waals surface area contributed by atoms with Crippen LogP contribution < -0.4 is 10.0 Å². The van der Waals surface area contributed by atoms with Crippen molar-refractivity contribution in [1.82, 2.24) is 10.0 Å². The third-order valence-electron chi connectivity index (χ3n) is 3.05. The van der Waals surface area contributed by atoms with Crippen LogP contribution in [0.5, 0.6) is 0 Å². The van der Waals surface area contributed by atoms with Crippen molar-refractivity contribution in [3.8, 4) is 0 Å². The molecule has 1 fully saturated rings. The van der Waals surface area contributed by atoms with Crippen LogP contribution in [-0.4, -0.2) is 27.5 Å². The van der Waals surface area contributed by atoms with Crippen molar-refractivity contribution in [3.63, 3.8) is 0 Å². The molecule has 1 unspecified atom stereocenters. The average molecular weight is 289 g/mol. The molecule has 2 N–H and O–H groups in total. The Hall–Kier alpha value is -0.620. The van der Waals surface area contributed by atoms with Crippen LogP contribution in [0.3, 0.4) is 0 Å². The molecule has 0 spiro atoms. The van der Waals surface area contributed by atoms with Crippen molar-refractivity contribution < 1.29 is 8.42 Å². The molecule has 0 aliphatic carbocycles. The van der Waals surface area contributed by atoms with E-state index in [1.807, 2.05) is 0 Å². The SMILES string of the molecule is O=S(=O)(NCCC1CCCN1)c1cccc(Cl)c1. The Kier molecular flexibility index (Phi) is 4.61. The molecule has 1 aromatic rings. The van der Waals surface area contributed by atoms with Gasteiger partial charge in [0.05, 0.1) is 4.90 Å². The molecule has 0 bridgehead atoms. The number of sulfonamides is 1. The first-order valence-electron chi connectivity index (χ1n) is 6.06. The van der Waals surface area contributed by atoms with Gasteiger partial charge in [-0.15, -0.1) is 0 Å². The zero-order valence-corrected chi connectivity index (χ0v) is 11.6. The molecule has 1 aromatic carbocycles. The van der Waals surface area contributed by atoms with Gasteiger partial charge in [0.1, 0.15) is 0 Å². The van der Waals surface area contributed by atoms with Crippen LogP contribution in [-0.2, 0) is 10.0 Å². The van der Waals surface area contributed by atoms with E-state index in [4.69, 9.17) is 11.6 Å². The van der Waals surface area contributed by atoms with Gasteiger partial charge < -0.3 is 5.32 Å². The highest BCUT2D eigenvalue weighted by molar-refractivity contribution is 7.89. The molecule has 100 valence electrons. The number of benzene rings is 1. The summed E-state index contributed by atoms with van der Waals surface area (Å²) in [5.41, 5.74) is 0. The lowest BCUT2D eigenvalue weighted by Gasteiger charge is -2.11. The Balaban J connectivity index is 1.90. The highest BCUT2D eigenvalue weighted by atomic mass is 35.5. The van der Waals surface area contributed by atoms with Crippen LogP contribution in [0, 0.1) is 0 Å². The molecule has 1 atom stereocenters. The van der Waals surface area contributed by atoms with Crippen molar-refractivity contribution in [2.75, 3.05) is 13.1 Å². The molecule has 1 saturated heterocycles. The zero-order chi connectivity index (χ0) is 13.0. The second-order valence-electron chi connectivity index (χ2n) is 4.44. The smallest absolute Gasteiger partial charge is 0.240 e. The molecule has 2 rings (SSSR count). The Morgan fingerprint density at radius 3 is 2.94 bits per heavy atom. The van der Waals surface area contributed by atoms with E-state index < -0.39 is 10.0 Å². The van der Waals surface area contributed by atoms with E-state index >= 15 is 0 Å². The summed E-state index contributed by atoms with van der Waals surface area (Å²) in [4.78, 5) is 0.217.